The lowest BCUT2D eigenvalue weighted by molar-refractivity contribution is 0.0949. The molecule has 0 unspecified atom stereocenters. The van der Waals surface area contributed by atoms with E-state index in [2.05, 4.69) is 27.3 Å². The van der Waals surface area contributed by atoms with Gasteiger partial charge in [-0.1, -0.05) is 18.2 Å². The van der Waals surface area contributed by atoms with Crippen LogP contribution in [-0.4, -0.2) is 27.4 Å². The van der Waals surface area contributed by atoms with Gasteiger partial charge < -0.3 is 5.11 Å². The van der Waals surface area contributed by atoms with Crippen molar-refractivity contribution in [1.82, 2.24) is 15.6 Å². The summed E-state index contributed by atoms with van der Waals surface area (Å²) in [5, 5.41) is 21.1. The molecule has 0 fully saturated rings. The van der Waals surface area contributed by atoms with Crippen molar-refractivity contribution in [2.24, 2.45) is 5.10 Å². The number of fused-ring (bicyclic) bond motifs is 1. The minimum Gasteiger partial charge on any atom is -0.507 e. The van der Waals surface area contributed by atoms with Gasteiger partial charge in [-0.3, -0.25) is 9.89 Å². The lowest BCUT2D eigenvalue weighted by Gasteiger charge is -2.10. The molecule has 0 spiro atoms. The van der Waals surface area contributed by atoms with Crippen molar-refractivity contribution in [1.29, 1.82) is 0 Å². The molecule has 6 heteroatoms. The number of rotatable bonds is 5. The third-order valence-corrected chi connectivity index (χ3v) is 4.16. The van der Waals surface area contributed by atoms with Crippen LogP contribution in [0.15, 0.2) is 36.0 Å². The predicted molar refractivity (Wildman–Crippen MR) is 92.3 cm³/mol. The third-order valence-electron chi connectivity index (χ3n) is 4.16. The van der Waals surface area contributed by atoms with Gasteiger partial charge in [-0.05, 0) is 43.7 Å². The van der Waals surface area contributed by atoms with Crippen molar-refractivity contribution >= 4 is 12.1 Å². The van der Waals surface area contributed by atoms with Crippen LogP contribution in [0.2, 0.25) is 0 Å². The molecule has 24 heavy (non-hydrogen) atoms. The number of aromatic hydroxyl groups is 1. The highest BCUT2D eigenvalue weighted by molar-refractivity contribution is 5.95. The minimum atomic E-state index is -0.340. The topological polar surface area (TPSA) is 90.4 Å². The maximum atomic E-state index is 12.2. The van der Waals surface area contributed by atoms with Crippen LogP contribution >= 0.6 is 0 Å². The Morgan fingerprint density at radius 3 is 3.08 bits per heavy atom. The Balaban J connectivity index is 1.70. The quantitative estimate of drug-likeness (QED) is 0.448. The summed E-state index contributed by atoms with van der Waals surface area (Å²) in [5.41, 5.74) is 6.23. The van der Waals surface area contributed by atoms with Crippen molar-refractivity contribution in [2.75, 3.05) is 0 Å². The van der Waals surface area contributed by atoms with Crippen LogP contribution in [0.25, 0.3) is 0 Å². The highest BCUT2D eigenvalue weighted by atomic mass is 16.3. The van der Waals surface area contributed by atoms with E-state index in [1.807, 2.05) is 12.1 Å². The standard InChI is InChI=1S/C18H20N4O2/c1-2-6-12-7-5-8-13(17(12)23)11-19-22-18(24)16-14-9-3-4-10-15(14)20-21-16/h2,5,7-8,11,23H,1,3-4,6,9-10H2,(H,20,21)(H,22,24)/b19-11+. The number of carbonyl (C=O) groups is 1. The SMILES string of the molecule is C=CCc1cccc(/C=N/NC(=O)c2n[nH]c3c2CCCC3)c1O. The number of benzene rings is 1. The Labute approximate surface area is 140 Å². The van der Waals surface area contributed by atoms with Gasteiger partial charge in [-0.25, -0.2) is 5.43 Å². The number of nitrogens with one attached hydrogen (secondary N) is 2. The maximum Gasteiger partial charge on any atom is 0.292 e. The highest BCUT2D eigenvalue weighted by Gasteiger charge is 2.21. The molecule has 0 radical (unpaired) electrons. The Hall–Kier alpha value is -2.89. The molecule has 1 aliphatic carbocycles. The van der Waals surface area contributed by atoms with E-state index in [9.17, 15) is 9.90 Å². The normalized spacial score (nSPS) is 13.7. The number of aromatic nitrogens is 2. The number of H-pyrrole nitrogens is 1. The molecule has 1 aliphatic rings. The Kier molecular flexibility index (Phi) is 4.74. The van der Waals surface area contributed by atoms with Gasteiger partial charge in [0.2, 0.25) is 0 Å². The van der Waals surface area contributed by atoms with E-state index in [0.717, 1.165) is 42.5 Å². The van der Waals surface area contributed by atoms with Crippen LogP contribution < -0.4 is 5.43 Å². The molecule has 0 aliphatic heterocycles. The number of phenols is 1. The smallest absolute Gasteiger partial charge is 0.292 e. The summed E-state index contributed by atoms with van der Waals surface area (Å²) in [5.74, 6) is -0.195. The Morgan fingerprint density at radius 1 is 1.42 bits per heavy atom. The molecule has 1 aromatic heterocycles. The Bertz CT molecular complexity index is 792. The zero-order chi connectivity index (χ0) is 16.9. The van der Waals surface area contributed by atoms with Crippen LogP contribution in [-0.2, 0) is 19.3 Å². The van der Waals surface area contributed by atoms with Gasteiger partial charge >= 0.3 is 0 Å². The van der Waals surface area contributed by atoms with E-state index in [4.69, 9.17) is 0 Å². The average Bonchev–Trinajstić information content (AvgIpc) is 3.02. The van der Waals surface area contributed by atoms with E-state index in [1.54, 1.807) is 12.1 Å². The van der Waals surface area contributed by atoms with E-state index in [1.165, 1.54) is 6.21 Å². The second-order valence-corrected chi connectivity index (χ2v) is 5.78. The summed E-state index contributed by atoms with van der Waals surface area (Å²) < 4.78 is 0. The molecule has 0 atom stereocenters. The lowest BCUT2D eigenvalue weighted by atomic mass is 9.96. The van der Waals surface area contributed by atoms with Crippen molar-refractivity contribution < 1.29 is 9.90 Å². The van der Waals surface area contributed by atoms with Gasteiger partial charge in [0.25, 0.3) is 5.91 Å². The lowest BCUT2D eigenvalue weighted by Crippen LogP contribution is -2.20. The third kappa shape index (κ3) is 3.22. The van der Waals surface area contributed by atoms with E-state index >= 15 is 0 Å². The van der Waals surface area contributed by atoms with Crippen molar-refractivity contribution in [2.45, 2.75) is 32.1 Å². The van der Waals surface area contributed by atoms with E-state index < -0.39 is 0 Å². The zero-order valence-electron chi connectivity index (χ0n) is 13.4. The largest absolute Gasteiger partial charge is 0.507 e. The monoisotopic (exact) mass is 324 g/mol. The second-order valence-electron chi connectivity index (χ2n) is 5.78. The molecule has 0 saturated carbocycles. The van der Waals surface area contributed by atoms with Crippen molar-refractivity contribution in [3.63, 3.8) is 0 Å². The molecule has 2 aromatic rings. The summed E-state index contributed by atoms with van der Waals surface area (Å²) in [6, 6.07) is 5.38. The number of allylic oxidation sites excluding steroid dienone is 1. The number of carbonyl (C=O) groups excluding carboxylic acids is 1. The van der Waals surface area contributed by atoms with Crippen LogP contribution in [0.1, 0.15) is 45.7 Å². The van der Waals surface area contributed by atoms with Crippen molar-refractivity contribution in [3.8, 4) is 5.75 Å². The minimum absolute atomic E-state index is 0.146. The summed E-state index contributed by atoms with van der Waals surface area (Å²) in [6.07, 6.45) is 7.71. The zero-order valence-corrected chi connectivity index (χ0v) is 13.4. The summed E-state index contributed by atoms with van der Waals surface area (Å²) >= 11 is 0. The first-order valence-corrected chi connectivity index (χ1v) is 8.02. The Morgan fingerprint density at radius 2 is 2.25 bits per heavy atom. The molecular weight excluding hydrogens is 304 g/mol. The molecular formula is C18H20N4O2. The number of aromatic amines is 1. The van der Waals surface area contributed by atoms with Crippen LogP contribution in [0.4, 0.5) is 0 Å². The predicted octanol–water partition coefficient (Wildman–Crippen LogP) is 2.49. The average molecular weight is 324 g/mol. The summed E-state index contributed by atoms with van der Waals surface area (Å²) in [6.45, 7) is 3.66. The molecule has 6 nitrogen and oxygen atoms in total. The van der Waals surface area contributed by atoms with Crippen LogP contribution in [0.3, 0.4) is 0 Å². The number of hydrogen-bond donors (Lipinski definition) is 3. The molecule has 3 N–H and O–H groups in total. The van der Waals surface area contributed by atoms with E-state index in [0.29, 0.717) is 17.7 Å². The number of hydrazone groups is 1. The van der Waals surface area contributed by atoms with Gasteiger partial charge in [-0.2, -0.15) is 10.2 Å². The highest BCUT2D eigenvalue weighted by Crippen LogP contribution is 2.23. The first-order valence-electron chi connectivity index (χ1n) is 8.02. The fraction of sp³-hybridized carbons (Fsp3) is 0.278. The molecule has 0 saturated heterocycles. The molecule has 1 heterocycles. The number of para-hydroxylation sites is 1. The van der Waals surface area contributed by atoms with Gasteiger partial charge in [0.05, 0.1) is 6.21 Å². The molecule has 1 aromatic carbocycles. The fourth-order valence-corrected chi connectivity index (χ4v) is 2.92. The molecule has 124 valence electrons. The molecule has 0 bridgehead atoms. The van der Waals surface area contributed by atoms with Crippen molar-refractivity contribution in [3.05, 3.63) is 58.9 Å². The summed E-state index contributed by atoms with van der Waals surface area (Å²) in [4.78, 5) is 12.2. The molecule has 1 amide bonds. The maximum absolute atomic E-state index is 12.2. The van der Waals surface area contributed by atoms with Gasteiger partial charge in [-0.15, -0.1) is 6.58 Å². The number of amides is 1. The first-order chi connectivity index (χ1) is 11.7. The van der Waals surface area contributed by atoms with E-state index in [-0.39, 0.29) is 11.7 Å². The van der Waals surface area contributed by atoms with Gasteiger partial charge in [0, 0.05) is 16.8 Å². The van der Waals surface area contributed by atoms with Crippen LogP contribution in [0.5, 0.6) is 5.75 Å². The van der Waals surface area contributed by atoms with Gasteiger partial charge in [0.15, 0.2) is 5.69 Å². The van der Waals surface area contributed by atoms with Gasteiger partial charge in [0.1, 0.15) is 5.75 Å². The number of hydrogen-bond acceptors (Lipinski definition) is 4. The number of phenolic OH excluding ortho intramolecular Hbond substituents is 1. The fourth-order valence-electron chi connectivity index (χ4n) is 2.92. The first kappa shape index (κ1) is 16.0. The second kappa shape index (κ2) is 7.12. The number of nitrogens with zero attached hydrogens (tertiary/aromatic N) is 2. The number of aryl methyl sites for hydroxylation is 1. The molecule has 3 rings (SSSR count). The summed E-state index contributed by atoms with van der Waals surface area (Å²) in [7, 11) is 0. The van der Waals surface area contributed by atoms with Crippen LogP contribution in [0, 0.1) is 0 Å².